The van der Waals surface area contributed by atoms with Crippen LogP contribution < -0.4 is 0 Å². The molecule has 8 atom stereocenters. The Morgan fingerprint density at radius 3 is 2.11 bits per heavy atom. The van der Waals surface area contributed by atoms with Gasteiger partial charge in [0.25, 0.3) is 0 Å². The van der Waals surface area contributed by atoms with Crippen molar-refractivity contribution in [3.63, 3.8) is 0 Å². The van der Waals surface area contributed by atoms with Crippen molar-refractivity contribution >= 4 is 29.7 Å². The molecule has 0 aliphatic heterocycles. The summed E-state index contributed by atoms with van der Waals surface area (Å²) in [5.41, 5.74) is -0.221. The number of fused-ring (bicyclic) bond motifs is 3. The summed E-state index contributed by atoms with van der Waals surface area (Å²) >= 11 is 0. The summed E-state index contributed by atoms with van der Waals surface area (Å²) in [6.45, 7) is 7.45. The molecule has 0 amide bonds. The fraction of sp³-hybridized carbons (Fsp3) is 0.720. The molecular formula is C25H34O10. The van der Waals surface area contributed by atoms with Crippen molar-refractivity contribution in [3.05, 3.63) is 11.1 Å². The van der Waals surface area contributed by atoms with Crippen molar-refractivity contribution in [2.45, 2.75) is 84.7 Å². The minimum absolute atomic E-state index is 0.141. The van der Waals surface area contributed by atoms with Gasteiger partial charge in [-0.15, -0.1) is 0 Å². The molecule has 0 aromatic rings. The van der Waals surface area contributed by atoms with E-state index < -0.39 is 59.6 Å². The summed E-state index contributed by atoms with van der Waals surface area (Å²) in [4.78, 5) is 61.2. The highest BCUT2D eigenvalue weighted by atomic mass is 16.6. The topological polar surface area (TPSA) is 143 Å². The van der Waals surface area contributed by atoms with E-state index in [-0.39, 0.29) is 42.5 Å². The van der Waals surface area contributed by atoms with Gasteiger partial charge in [-0.3, -0.25) is 24.0 Å². The normalized spacial score (nSPS) is 36.4. The summed E-state index contributed by atoms with van der Waals surface area (Å²) in [5.74, 6) is -3.79. The van der Waals surface area contributed by atoms with Crippen LogP contribution in [0.2, 0.25) is 0 Å². The van der Waals surface area contributed by atoms with Crippen molar-refractivity contribution < 1.29 is 48.0 Å². The number of ketones is 1. The van der Waals surface area contributed by atoms with Crippen molar-refractivity contribution in [1.82, 2.24) is 0 Å². The maximum absolute atomic E-state index is 12.8. The lowest BCUT2D eigenvalue weighted by atomic mass is 9.46. The van der Waals surface area contributed by atoms with E-state index in [1.165, 1.54) is 27.9 Å². The zero-order valence-electron chi connectivity index (χ0n) is 21.0. The van der Waals surface area contributed by atoms with Crippen LogP contribution in [0.3, 0.4) is 0 Å². The van der Waals surface area contributed by atoms with Crippen molar-refractivity contribution in [2.75, 3.05) is 7.11 Å². The maximum Gasteiger partial charge on any atom is 0.310 e. The van der Waals surface area contributed by atoms with Crippen molar-refractivity contribution in [3.8, 4) is 0 Å². The Balaban J connectivity index is 2.21. The van der Waals surface area contributed by atoms with Gasteiger partial charge in [-0.25, -0.2) is 0 Å². The van der Waals surface area contributed by atoms with Gasteiger partial charge in [-0.2, -0.15) is 0 Å². The zero-order valence-corrected chi connectivity index (χ0v) is 21.0. The van der Waals surface area contributed by atoms with Gasteiger partial charge in [0.05, 0.1) is 19.6 Å². The number of methoxy groups -OCH3 is 1. The molecule has 0 aromatic carbocycles. The summed E-state index contributed by atoms with van der Waals surface area (Å²) in [7, 11) is 1.23. The highest BCUT2D eigenvalue weighted by Gasteiger charge is 2.66. The highest BCUT2D eigenvalue weighted by molar-refractivity contribution is 6.01. The first-order chi connectivity index (χ1) is 16.3. The van der Waals surface area contributed by atoms with E-state index in [2.05, 4.69) is 0 Å². The van der Waals surface area contributed by atoms with Gasteiger partial charge in [-0.1, -0.05) is 13.8 Å². The summed E-state index contributed by atoms with van der Waals surface area (Å²) in [6, 6.07) is 0. The van der Waals surface area contributed by atoms with Crippen molar-refractivity contribution in [1.29, 1.82) is 0 Å². The molecule has 0 spiro atoms. The fourth-order valence-corrected chi connectivity index (χ4v) is 6.63. The second-order valence-electron chi connectivity index (χ2n) is 9.96. The molecule has 0 unspecified atom stereocenters. The maximum atomic E-state index is 12.8. The first-order valence-corrected chi connectivity index (χ1v) is 11.9. The smallest absolute Gasteiger partial charge is 0.310 e. The molecule has 0 bridgehead atoms. The Kier molecular flexibility index (Phi) is 7.74. The molecule has 2 saturated carbocycles. The molecule has 2 fully saturated rings. The zero-order chi connectivity index (χ0) is 26.2. The van der Waals surface area contributed by atoms with Gasteiger partial charge in [0.1, 0.15) is 12.2 Å². The number of rotatable bonds is 5. The Bertz CT molecular complexity index is 952. The third-order valence-electron chi connectivity index (χ3n) is 7.94. The van der Waals surface area contributed by atoms with Gasteiger partial charge < -0.3 is 24.1 Å². The van der Waals surface area contributed by atoms with E-state index in [9.17, 15) is 29.1 Å². The van der Waals surface area contributed by atoms with Crippen LogP contribution in [0.4, 0.5) is 0 Å². The fourth-order valence-electron chi connectivity index (χ4n) is 6.63. The Morgan fingerprint density at radius 2 is 1.57 bits per heavy atom. The SMILES string of the molecule is COC(=O)CC1=C2[C@H](O)C[C@H]3[C@H](C)[C@@H](OC(C)=O)[C@@H](OC(C)=O)[C@H](OC(C)=O)[C@]3(C)[C@H]2CCC1=O. The van der Waals surface area contributed by atoms with Crippen LogP contribution in [0.15, 0.2) is 11.1 Å². The monoisotopic (exact) mass is 494 g/mol. The number of carbonyl (C=O) groups excluding carboxylic acids is 5. The van der Waals surface area contributed by atoms with E-state index in [4.69, 9.17) is 18.9 Å². The molecule has 0 heterocycles. The van der Waals surface area contributed by atoms with Crippen LogP contribution in [0.25, 0.3) is 0 Å². The summed E-state index contributed by atoms with van der Waals surface area (Å²) in [5, 5.41) is 11.2. The van der Waals surface area contributed by atoms with E-state index in [1.54, 1.807) is 0 Å². The van der Waals surface area contributed by atoms with Gasteiger partial charge in [-0.05, 0) is 30.3 Å². The van der Waals surface area contributed by atoms with Crippen LogP contribution in [0.1, 0.15) is 60.3 Å². The predicted molar refractivity (Wildman–Crippen MR) is 119 cm³/mol. The van der Waals surface area contributed by atoms with Crippen LogP contribution >= 0.6 is 0 Å². The predicted octanol–water partition coefficient (Wildman–Crippen LogP) is 1.66. The average Bonchev–Trinajstić information content (AvgIpc) is 2.76. The lowest BCUT2D eigenvalue weighted by Gasteiger charge is -2.61. The second kappa shape index (κ2) is 10.1. The lowest BCUT2D eigenvalue weighted by molar-refractivity contribution is -0.245. The Hall–Kier alpha value is -2.75. The molecule has 0 saturated heterocycles. The number of hydrogen-bond acceptors (Lipinski definition) is 10. The van der Waals surface area contributed by atoms with E-state index in [0.29, 0.717) is 12.0 Å². The van der Waals surface area contributed by atoms with Gasteiger partial charge in [0.2, 0.25) is 0 Å². The quantitative estimate of drug-likeness (QED) is 0.443. The third-order valence-corrected chi connectivity index (χ3v) is 7.94. The third kappa shape index (κ3) is 4.85. The number of aliphatic hydroxyl groups is 1. The molecule has 0 radical (unpaired) electrons. The molecule has 194 valence electrons. The number of aliphatic hydroxyl groups excluding tert-OH is 1. The summed E-state index contributed by atoms with van der Waals surface area (Å²) in [6.07, 6.45) is -3.62. The van der Waals surface area contributed by atoms with Crippen LogP contribution in [-0.4, -0.2) is 66.3 Å². The standard InChI is InChI=1S/C25H34O10/c1-11-17-10-19(30)21-15(9-20(31)32-6)18(29)8-7-16(21)25(17,5)24(35-14(4)28)23(34-13(3)27)22(11)33-12(2)26/h11,16-17,19,22-24,30H,7-10H2,1-6H3/t11-,16-,17-,19+,22+,23+,24-,25+/m0/s1. The van der Waals surface area contributed by atoms with Crippen molar-refractivity contribution in [2.24, 2.45) is 23.2 Å². The minimum atomic E-state index is -1.09. The van der Waals surface area contributed by atoms with E-state index in [0.717, 1.165) is 0 Å². The molecular weight excluding hydrogens is 460 g/mol. The largest absolute Gasteiger partial charge is 0.469 e. The number of esters is 4. The molecule has 10 heteroatoms. The Morgan fingerprint density at radius 1 is 1.00 bits per heavy atom. The Labute approximate surface area is 204 Å². The second-order valence-corrected chi connectivity index (χ2v) is 9.96. The molecule has 3 rings (SSSR count). The van der Waals surface area contributed by atoms with E-state index >= 15 is 0 Å². The number of ether oxygens (including phenoxy) is 4. The molecule has 35 heavy (non-hydrogen) atoms. The van der Waals surface area contributed by atoms with Crippen LogP contribution in [0, 0.1) is 23.2 Å². The number of Topliss-reactive ketones (excluding diaryl/α,β-unsaturated/α-hetero) is 1. The first kappa shape index (κ1) is 26.8. The lowest BCUT2D eigenvalue weighted by Crippen LogP contribution is -2.68. The summed E-state index contributed by atoms with van der Waals surface area (Å²) < 4.78 is 21.8. The van der Waals surface area contributed by atoms with Gasteiger partial charge in [0.15, 0.2) is 11.9 Å². The van der Waals surface area contributed by atoms with Gasteiger partial charge >= 0.3 is 23.9 Å². The average molecular weight is 495 g/mol. The molecule has 0 aromatic heterocycles. The number of hydrogen-bond donors (Lipinski definition) is 1. The van der Waals surface area contributed by atoms with Crippen LogP contribution in [0.5, 0.6) is 0 Å². The molecule has 3 aliphatic carbocycles. The number of carbonyl (C=O) groups is 5. The van der Waals surface area contributed by atoms with Gasteiger partial charge in [0, 0.05) is 44.1 Å². The molecule has 10 nitrogen and oxygen atoms in total. The first-order valence-electron chi connectivity index (χ1n) is 11.9. The minimum Gasteiger partial charge on any atom is -0.469 e. The van der Waals surface area contributed by atoms with E-state index in [1.807, 2.05) is 13.8 Å². The molecule has 1 N–H and O–H groups in total. The molecule has 3 aliphatic rings. The highest BCUT2D eigenvalue weighted by Crippen LogP contribution is 2.61. The van der Waals surface area contributed by atoms with Crippen LogP contribution in [-0.2, 0) is 42.9 Å².